The maximum absolute atomic E-state index is 10.8. The molecule has 74 valence electrons. The first kappa shape index (κ1) is 11.9. The summed E-state index contributed by atoms with van der Waals surface area (Å²) in [4.78, 5) is 0. The number of hydrogen-bond donors (Lipinski definition) is 1. The molecule has 0 aliphatic rings. The summed E-state index contributed by atoms with van der Waals surface area (Å²) in [6.07, 6.45) is 3.99. The van der Waals surface area contributed by atoms with Gasteiger partial charge in [-0.3, -0.25) is 0 Å². The van der Waals surface area contributed by atoms with Crippen LogP contribution in [0.4, 0.5) is 0 Å². The minimum atomic E-state index is -2.78. The van der Waals surface area contributed by atoms with Crippen LogP contribution in [0.2, 0.25) is 0 Å². The molecule has 0 aromatic carbocycles. The van der Waals surface area contributed by atoms with Crippen molar-refractivity contribution in [3.05, 3.63) is 0 Å². The summed E-state index contributed by atoms with van der Waals surface area (Å²) in [5, 5.41) is 0. The second kappa shape index (κ2) is 5.54. The van der Waals surface area contributed by atoms with Gasteiger partial charge in [-0.05, 0) is 25.3 Å². The Balaban J connectivity index is 3.55. The first-order valence-electron chi connectivity index (χ1n) is 4.37. The van der Waals surface area contributed by atoms with E-state index in [1.54, 1.807) is 0 Å². The van der Waals surface area contributed by atoms with Gasteiger partial charge in [0, 0.05) is 12.0 Å². The molecule has 0 aliphatic carbocycles. The third-order valence-corrected chi connectivity index (χ3v) is 3.07. The Morgan fingerprint density at radius 1 is 1.42 bits per heavy atom. The number of nitrogens with two attached hydrogens (primary N) is 1. The third-order valence-electron chi connectivity index (χ3n) is 2.04. The molecular weight excluding hydrogens is 174 g/mol. The van der Waals surface area contributed by atoms with Gasteiger partial charge in [-0.25, -0.2) is 8.42 Å². The Hall–Kier alpha value is -0.0900. The lowest BCUT2D eigenvalue weighted by atomic mass is 10.0. The molecular formula is C8H19NO2S. The highest BCUT2D eigenvalue weighted by Gasteiger charge is 2.06. The molecule has 0 bridgehead atoms. The minimum Gasteiger partial charge on any atom is -0.330 e. The van der Waals surface area contributed by atoms with Gasteiger partial charge in [0.1, 0.15) is 9.84 Å². The van der Waals surface area contributed by atoms with Crippen molar-refractivity contribution in [2.45, 2.75) is 26.2 Å². The van der Waals surface area contributed by atoms with E-state index in [4.69, 9.17) is 5.73 Å². The molecule has 4 heteroatoms. The van der Waals surface area contributed by atoms with E-state index < -0.39 is 9.84 Å². The van der Waals surface area contributed by atoms with Crippen LogP contribution in [0.1, 0.15) is 26.2 Å². The van der Waals surface area contributed by atoms with Crippen LogP contribution in [-0.4, -0.2) is 27.0 Å². The molecule has 0 saturated heterocycles. The smallest absolute Gasteiger partial charge is 0.147 e. The Kier molecular flexibility index (Phi) is 5.50. The summed E-state index contributed by atoms with van der Waals surface area (Å²) < 4.78 is 21.5. The van der Waals surface area contributed by atoms with Gasteiger partial charge in [0.2, 0.25) is 0 Å². The van der Waals surface area contributed by atoms with E-state index in [9.17, 15) is 8.42 Å². The van der Waals surface area contributed by atoms with Crippen LogP contribution in [0.3, 0.4) is 0 Å². The first-order valence-corrected chi connectivity index (χ1v) is 6.43. The summed E-state index contributed by atoms with van der Waals surface area (Å²) in [5.41, 5.74) is 5.48. The van der Waals surface area contributed by atoms with Gasteiger partial charge < -0.3 is 5.73 Å². The van der Waals surface area contributed by atoms with Gasteiger partial charge in [0.05, 0.1) is 0 Å². The average molecular weight is 193 g/mol. The Labute approximate surface area is 75.3 Å². The summed E-state index contributed by atoms with van der Waals surface area (Å²) in [5.74, 6) is 0.787. The first-order chi connectivity index (χ1) is 5.49. The van der Waals surface area contributed by atoms with E-state index in [-0.39, 0.29) is 0 Å². The van der Waals surface area contributed by atoms with Gasteiger partial charge in [0.25, 0.3) is 0 Å². The largest absolute Gasteiger partial charge is 0.330 e. The zero-order valence-corrected chi connectivity index (χ0v) is 8.73. The van der Waals surface area contributed by atoms with E-state index in [0.29, 0.717) is 18.2 Å². The molecule has 0 amide bonds. The fourth-order valence-corrected chi connectivity index (χ4v) is 1.81. The molecule has 0 aliphatic heterocycles. The molecule has 0 saturated carbocycles. The van der Waals surface area contributed by atoms with E-state index >= 15 is 0 Å². The summed E-state index contributed by atoms with van der Waals surface area (Å²) in [7, 11) is -2.78. The molecule has 1 atom stereocenters. The van der Waals surface area contributed by atoms with Crippen LogP contribution in [-0.2, 0) is 9.84 Å². The van der Waals surface area contributed by atoms with Crippen molar-refractivity contribution in [2.75, 3.05) is 18.6 Å². The zero-order chi connectivity index (χ0) is 9.61. The summed E-state index contributed by atoms with van der Waals surface area (Å²) in [6, 6.07) is 0. The molecule has 1 unspecified atom stereocenters. The SMILES string of the molecule is CCC(CN)CCCS(C)(=O)=O. The van der Waals surface area contributed by atoms with Crippen LogP contribution < -0.4 is 5.73 Å². The highest BCUT2D eigenvalue weighted by Crippen LogP contribution is 2.09. The van der Waals surface area contributed by atoms with Crippen molar-refractivity contribution in [1.82, 2.24) is 0 Å². The lowest BCUT2D eigenvalue weighted by Gasteiger charge is -2.10. The van der Waals surface area contributed by atoms with Crippen molar-refractivity contribution in [2.24, 2.45) is 11.7 Å². The molecule has 0 fully saturated rings. The van der Waals surface area contributed by atoms with Crippen LogP contribution in [0.25, 0.3) is 0 Å². The van der Waals surface area contributed by atoms with Crippen molar-refractivity contribution >= 4 is 9.84 Å². The molecule has 0 spiro atoms. The number of hydrogen-bond acceptors (Lipinski definition) is 3. The predicted octanol–water partition coefficient (Wildman–Crippen LogP) is 0.796. The van der Waals surface area contributed by atoms with E-state index in [1.165, 1.54) is 6.26 Å². The van der Waals surface area contributed by atoms with Crippen LogP contribution >= 0.6 is 0 Å². The van der Waals surface area contributed by atoms with Gasteiger partial charge in [-0.15, -0.1) is 0 Å². The summed E-state index contributed by atoms with van der Waals surface area (Å²) >= 11 is 0. The van der Waals surface area contributed by atoms with E-state index in [1.807, 2.05) is 0 Å². The predicted molar refractivity (Wildman–Crippen MR) is 51.8 cm³/mol. The number of sulfone groups is 1. The Bertz CT molecular complexity index is 195. The molecule has 0 heterocycles. The summed E-state index contributed by atoms with van der Waals surface area (Å²) in [6.45, 7) is 2.75. The monoisotopic (exact) mass is 193 g/mol. The van der Waals surface area contributed by atoms with Crippen molar-refractivity contribution in [3.63, 3.8) is 0 Å². The lowest BCUT2D eigenvalue weighted by molar-refractivity contribution is 0.474. The zero-order valence-electron chi connectivity index (χ0n) is 7.91. The minimum absolute atomic E-state index is 0.295. The molecule has 0 radical (unpaired) electrons. The molecule has 12 heavy (non-hydrogen) atoms. The Morgan fingerprint density at radius 2 is 2.00 bits per heavy atom. The second-order valence-corrected chi connectivity index (χ2v) is 5.54. The standard InChI is InChI=1S/C8H19NO2S/c1-3-8(7-9)5-4-6-12(2,10)11/h8H,3-7,9H2,1-2H3. The topological polar surface area (TPSA) is 60.2 Å². The van der Waals surface area contributed by atoms with Gasteiger partial charge >= 0.3 is 0 Å². The molecule has 3 nitrogen and oxygen atoms in total. The van der Waals surface area contributed by atoms with Gasteiger partial charge in [-0.1, -0.05) is 13.3 Å². The number of rotatable bonds is 6. The average Bonchev–Trinajstić information content (AvgIpc) is 1.96. The Morgan fingerprint density at radius 3 is 2.33 bits per heavy atom. The highest BCUT2D eigenvalue weighted by molar-refractivity contribution is 7.90. The van der Waals surface area contributed by atoms with E-state index in [2.05, 4.69) is 6.92 Å². The van der Waals surface area contributed by atoms with Crippen LogP contribution in [0.5, 0.6) is 0 Å². The maximum Gasteiger partial charge on any atom is 0.147 e. The van der Waals surface area contributed by atoms with Crippen LogP contribution in [0, 0.1) is 5.92 Å². The van der Waals surface area contributed by atoms with Crippen molar-refractivity contribution < 1.29 is 8.42 Å². The van der Waals surface area contributed by atoms with Crippen LogP contribution in [0.15, 0.2) is 0 Å². The maximum atomic E-state index is 10.8. The quantitative estimate of drug-likeness (QED) is 0.678. The fourth-order valence-electron chi connectivity index (χ4n) is 1.12. The molecule has 0 aromatic rings. The highest BCUT2D eigenvalue weighted by atomic mass is 32.2. The third kappa shape index (κ3) is 6.61. The van der Waals surface area contributed by atoms with Crippen molar-refractivity contribution in [3.8, 4) is 0 Å². The molecule has 0 rings (SSSR count). The molecule has 2 N–H and O–H groups in total. The van der Waals surface area contributed by atoms with Gasteiger partial charge in [-0.2, -0.15) is 0 Å². The fraction of sp³-hybridized carbons (Fsp3) is 1.00. The van der Waals surface area contributed by atoms with Gasteiger partial charge in [0.15, 0.2) is 0 Å². The molecule has 0 aromatic heterocycles. The second-order valence-electron chi connectivity index (χ2n) is 3.28. The normalized spacial score (nSPS) is 14.6. The van der Waals surface area contributed by atoms with Crippen molar-refractivity contribution in [1.29, 1.82) is 0 Å². The van der Waals surface area contributed by atoms with E-state index in [0.717, 1.165) is 19.3 Å². The lowest BCUT2D eigenvalue weighted by Crippen LogP contribution is -2.14.